The second-order valence-corrected chi connectivity index (χ2v) is 5.67. The van der Waals surface area contributed by atoms with Gasteiger partial charge in [-0.1, -0.05) is 48.5 Å². The van der Waals surface area contributed by atoms with Crippen LogP contribution in [0.25, 0.3) is 38.1 Å². The van der Waals surface area contributed by atoms with E-state index in [-0.39, 0.29) is 0 Å². The van der Waals surface area contributed by atoms with Gasteiger partial charge in [-0.15, -0.1) is 0 Å². The second-order valence-electron chi connectivity index (χ2n) is 5.67. The van der Waals surface area contributed by atoms with Crippen LogP contribution in [0.4, 0.5) is 0 Å². The lowest BCUT2D eigenvalue weighted by Gasteiger charge is -2.03. The van der Waals surface area contributed by atoms with Crippen LogP contribution in [-0.4, -0.2) is 21.6 Å². The van der Waals surface area contributed by atoms with Gasteiger partial charge in [-0.05, 0) is 17.6 Å². The third-order valence-electron chi connectivity index (χ3n) is 4.56. The van der Waals surface area contributed by atoms with E-state index in [1.54, 1.807) is 0 Å². The molecule has 4 heteroatoms. The molecule has 0 atom stereocenters. The van der Waals surface area contributed by atoms with Gasteiger partial charge in [-0.2, -0.15) is 0 Å². The van der Waals surface area contributed by atoms with Gasteiger partial charge < -0.3 is 14.4 Å². The lowest BCUT2D eigenvalue weighted by atomic mass is 9.77. The van der Waals surface area contributed by atoms with E-state index in [1.165, 1.54) is 5.39 Å². The van der Waals surface area contributed by atoms with Crippen LogP contribution in [0.3, 0.4) is 0 Å². The molecule has 3 nitrogen and oxygen atoms in total. The lowest BCUT2D eigenvalue weighted by Crippen LogP contribution is -2.30. The molecule has 0 saturated heterocycles. The zero-order valence-electron chi connectivity index (χ0n) is 11.7. The summed E-state index contributed by atoms with van der Waals surface area (Å²) >= 11 is 0. The Morgan fingerprint density at radius 1 is 0.682 bits per heavy atom. The monoisotopic (exact) mass is 285 g/mol. The highest BCUT2D eigenvalue weighted by Gasteiger charge is 2.23. The number of benzene rings is 3. The van der Waals surface area contributed by atoms with Gasteiger partial charge in [-0.25, -0.2) is 0 Å². The fourth-order valence-corrected chi connectivity index (χ4v) is 3.70. The average molecular weight is 285 g/mol. The van der Waals surface area contributed by atoms with Crippen LogP contribution in [0, 0.1) is 0 Å². The SMILES string of the molecule is OB(O)c1ccc2c3ccccc3n3c4ccccc4c1c23. The molecule has 0 amide bonds. The first kappa shape index (κ1) is 12.0. The summed E-state index contributed by atoms with van der Waals surface area (Å²) in [6.45, 7) is 0. The highest BCUT2D eigenvalue weighted by molar-refractivity contribution is 6.63. The largest absolute Gasteiger partial charge is 0.489 e. The Hall–Kier alpha value is -2.56. The Bertz CT molecular complexity index is 1160. The third kappa shape index (κ3) is 1.29. The molecular weight excluding hydrogens is 273 g/mol. The quantitative estimate of drug-likeness (QED) is 0.465. The van der Waals surface area contributed by atoms with E-state index in [0.29, 0.717) is 5.46 Å². The molecule has 0 aliphatic rings. The summed E-state index contributed by atoms with van der Waals surface area (Å²) < 4.78 is 2.22. The topological polar surface area (TPSA) is 44.9 Å². The van der Waals surface area contributed by atoms with E-state index in [9.17, 15) is 10.0 Å². The molecule has 0 radical (unpaired) electrons. The van der Waals surface area contributed by atoms with Gasteiger partial charge in [0, 0.05) is 21.5 Å². The van der Waals surface area contributed by atoms with Crippen molar-refractivity contribution in [3.63, 3.8) is 0 Å². The fraction of sp³-hybridized carbons (Fsp3) is 0. The number of aromatic nitrogens is 1. The average Bonchev–Trinajstić information content (AvgIpc) is 3.06. The Morgan fingerprint density at radius 2 is 1.32 bits per heavy atom. The summed E-state index contributed by atoms with van der Waals surface area (Å²) in [5.74, 6) is 0. The van der Waals surface area contributed by atoms with Crippen molar-refractivity contribution in [2.24, 2.45) is 0 Å². The number of nitrogens with zero attached hydrogens (tertiary/aromatic N) is 1. The number of hydrogen-bond acceptors (Lipinski definition) is 2. The predicted molar refractivity (Wildman–Crippen MR) is 90.9 cm³/mol. The normalized spacial score (nSPS) is 12.1. The van der Waals surface area contributed by atoms with Crippen molar-refractivity contribution >= 4 is 50.7 Å². The summed E-state index contributed by atoms with van der Waals surface area (Å²) in [5, 5.41) is 23.8. The standard InChI is InChI=1S/C18H12BNO2/c21-19(22)14-10-9-12-11-5-1-3-7-15(11)20-16-8-4-2-6-13(16)17(14)18(12)20/h1-10,21-22H. The van der Waals surface area contributed by atoms with Crippen molar-refractivity contribution in [3.05, 3.63) is 60.7 Å². The molecule has 2 heterocycles. The fourth-order valence-electron chi connectivity index (χ4n) is 3.70. The van der Waals surface area contributed by atoms with Gasteiger partial charge in [0.2, 0.25) is 0 Å². The zero-order valence-corrected chi connectivity index (χ0v) is 11.7. The summed E-state index contributed by atoms with van der Waals surface area (Å²) in [4.78, 5) is 0. The molecule has 5 aromatic rings. The summed E-state index contributed by atoms with van der Waals surface area (Å²) in [5.41, 5.74) is 3.86. The van der Waals surface area contributed by atoms with Gasteiger partial charge >= 0.3 is 7.12 Å². The molecule has 2 N–H and O–H groups in total. The van der Waals surface area contributed by atoms with E-state index in [0.717, 1.165) is 32.7 Å². The minimum absolute atomic E-state index is 0.557. The first-order valence-corrected chi connectivity index (χ1v) is 7.29. The van der Waals surface area contributed by atoms with Crippen LogP contribution >= 0.6 is 0 Å². The van der Waals surface area contributed by atoms with Crippen LogP contribution < -0.4 is 5.46 Å². The van der Waals surface area contributed by atoms with Crippen LogP contribution in [0.5, 0.6) is 0 Å². The van der Waals surface area contributed by atoms with Gasteiger partial charge in [0.25, 0.3) is 0 Å². The molecule has 0 bridgehead atoms. The second kappa shape index (κ2) is 4.00. The number of hydrogen-bond donors (Lipinski definition) is 2. The summed E-state index contributed by atoms with van der Waals surface area (Å²) in [7, 11) is -1.47. The predicted octanol–water partition coefficient (Wildman–Crippen LogP) is 2.52. The molecule has 0 unspecified atom stereocenters. The van der Waals surface area contributed by atoms with Crippen LogP contribution in [-0.2, 0) is 0 Å². The van der Waals surface area contributed by atoms with Crippen LogP contribution in [0.15, 0.2) is 60.7 Å². The molecule has 0 aliphatic carbocycles. The van der Waals surface area contributed by atoms with Gasteiger partial charge in [0.15, 0.2) is 0 Å². The number of rotatable bonds is 1. The molecule has 104 valence electrons. The molecule has 22 heavy (non-hydrogen) atoms. The molecule has 0 aliphatic heterocycles. The lowest BCUT2D eigenvalue weighted by molar-refractivity contribution is 0.426. The minimum Gasteiger partial charge on any atom is -0.423 e. The number of para-hydroxylation sites is 2. The van der Waals surface area contributed by atoms with E-state index in [4.69, 9.17) is 0 Å². The van der Waals surface area contributed by atoms with E-state index in [2.05, 4.69) is 22.6 Å². The maximum absolute atomic E-state index is 9.77. The Kier molecular flexibility index (Phi) is 2.19. The Labute approximate surface area is 126 Å². The zero-order chi connectivity index (χ0) is 14.8. The van der Waals surface area contributed by atoms with E-state index >= 15 is 0 Å². The Morgan fingerprint density at radius 3 is 2.05 bits per heavy atom. The Balaban J connectivity index is 2.23. The molecule has 0 spiro atoms. The van der Waals surface area contributed by atoms with Crippen molar-refractivity contribution in [1.82, 2.24) is 4.40 Å². The van der Waals surface area contributed by atoms with Gasteiger partial charge in [0.1, 0.15) is 0 Å². The first-order chi connectivity index (χ1) is 10.8. The van der Waals surface area contributed by atoms with Crippen molar-refractivity contribution in [3.8, 4) is 0 Å². The van der Waals surface area contributed by atoms with Crippen molar-refractivity contribution in [1.29, 1.82) is 0 Å². The van der Waals surface area contributed by atoms with E-state index in [1.807, 2.05) is 42.5 Å². The summed E-state index contributed by atoms with van der Waals surface area (Å²) in [6.07, 6.45) is 0. The molecule has 5 rings (SSSR count). The first-order valence-electron chi connectivity index (χ1n) is 7.29. The maximum atomic E-state index is 9.77. The highest BCUT2D eigenvalue weighted by Crippen LogP contribution is 2.37. The van der Waals surface area contributed by atoms with Crippen molar-refractivity contribution in [2.45, 2.75) is 0 Å². The maximum Gasteiger partial charge on any atom is 0.489 e. The van der Waals surface area contributed by atoms with Gasteiger partial charge in [0.05, 0.1) is 16.6 Å². The van der Waals surface area contributed by atoms with Crippen molar-refractivity contribution in [2.75, 3.05) is 0 Å². The highest BCUT2D eigenvalue weighted by atomic mass is 16.4. The molecule has 0 saturated carbocycles. The van der Waals surface area contributed by atoms with Crippen molar-refractivity contribution < 1.29 is 10.0 Å². The molecule has 2 aromatic heterocycles. The molecule has 0 fully saturated rings. The van der Waals surface area contributed by atoms with Crippen LogP contribution in [0.2, 0.25) is 0 Å². The van der Waals surface area contributed by atoms with Gasteiger partial charge in [-0.3, -0.25) is 0 Å². The third-order valence-corrected chi connectivity index (χ3v) is 4.56. The molecular formula is C18H12BNO2. The molecule has 3 aromatic carbocycles. The minimum atomic E-state index is -1.47. The van der Waals surface area contributed by atoms with Crippen LogP contribution in [0.1, 0.15) is 0 Å². The number of fused-ring (bicyclic) bond motifs is 6. The summed E-state index contributed by atoms with van der Waals surface area (Å²) in [6, 6.07) is 20.2. The smallest absolute Gasteiger partial charge is 0.423 e. The van der Waals surface area contributed by atoms with E-state index < -0.39 is 7.12 Å².